The third-order valence-corrected chi connectivity index (χ3v) is 10.4. The second-order valence-corrected chi connectivity index (χ2v) is 14.2. The molecule has 1 N–H and O–H groups in total. The number of nitrogens with one attached hydrogen (secondary N) is 1. The number of ether oxygens (including phenoxy) is 2. The third-order valence-electron chi connectivity index (χ3n) is 6.84. The van der Waals surface area contributed by atoms with Crippen LogP contribution < -0.4 is 20.6 Å². The Morgan fingerprint density at radius 3 is 1.79 bits per heavy atom. The molecule has 0 atom stereocenters. The average molecular weight is 865 g/mol. The maximum absolute atomic E-state index is 12.8. The lowest BCUT2D eigenvalue weighted by atomic mass is 10.1. The number of Topliss-reactive ketones (excluding diaryl/α,β-unsaturated/α-hetero) is 2. The molecule has 0 amide bonds. The average Bonchev–Trinajstić information content (AvgIpc) is 3.73. The van der Waals surface area contributed by atoms with Crippen molar-refractivity contribution >= 4 is 102 Å². The fourth-order valence-corrected chi connectivity index (χ4v) is 7.50. The molecule has 244 valence electrons. The predicted molar refractivity (Wildman–Crippen MR) is 202 cm³/mol. The monoisotopic (exact) mass is 862 g/mol. The second kappa shape index (κ2) is 16.6. The summed E-state index contributed by atoms with van der Waals surface area (Å²) in [5, 5.41) is 4.64. The number of thiophene rings is 2. The third kappa shape index (κ3) is 8.57. The molecule has 0 fully saturated rings. The Morgan fingerprint density at radius 1 is 0.745 bits per heavy atom. The Balaban J connectivity index is 0.000000178. The molecule has 0 aliphatic heterocycles. The highest BCUT2D eigenvalue weighted by molar-refractivity contribution is 9.10. The van der Waals surface area contributed by atoms with E-state index in [2.05, 4.69) is 64.9 Å². The van der Waals surface area contributed by atoms with Crippen molar-refractivity contribution in [3.05, 3.63) is 123 Å². The number of carbonyl (C=O) groups is 2. The maximum atomic E-state index is 12.8. The van der Waals surface area contributed by atoms with Crippen LogP contribution in [0.1, 0.15) is 45.7 Å². The van der Waals surface area contributed by atoms with Gasteiger partial charge in [-0.15, -0.1) is 22.7 Å². The maximum Gasteiger partial charge on any atom is 0.294 e. The lowest BCUT2D eigenvalue weighted by Gasteiger charge is -2.13. The van der Waals surface area contributed by atoms with E-state index in [9.17, 15) is 19.2 Å². The van der Waals surface area contributed by atoms with Gasteiger partial charge in [-0.25, -0.2) is 0 Å². The summed E-state index contributed by atoms with van der Waals surface area (Å²) in [6, 6.07) is 19.7. The van der Waals surface area contributed by atoms with Gasteiger partial charge in [0.05, 0.1) is 52.3 Å². The molecule has 4 aromatic heterocycles. The Bertz CT molecular complexity index is 2150. The van der Waals surface area contributed by atoms with Gasteiger partial charge in [-0.3, -0.25) is 23.7 Å². The lowest BCUT2D eigenvalue weighted by molar-refractivity contribution is 0.100. The molecular formula is C34H29Br3N2O6S2. The molecule has 13 heteroatoms. The van der Waals surface area contributed by atoms with Gasteiger partial charge in [0, 0.05) is 14.3 Å². The minimum Gasteiger partial charge on any atom is -0.491 e. The van der Waals surface area contributed by atoms with Crippen molar-refractivity contribution in [3.63, 3.8) is 0 Å². The van der Waals surface area contributed by atoms with Crippen molar-refractivity contribution in [2.75, 3.05) is 14.2 Å². The van der Waals surface area contributed by atoms with E-state index in [0.717, 1.165) is 34.8 Å². The molecule has 0 unspecified atom stereocenters. The number of fused-ring (bicyclic) bond motifs is 2. The normalized spacial score (nSPS) is 10.5. The highest BCUT2D eigenvalue weighted by Gasteiger charge is 2.21. The summed E-state index contributed by atoms with van der Waals surface area (Å²) >= 11 is 13.0. The van der Waals surface area contributed by atoms with E-state index in [1.165, 1.54) is 56.3 Å². The van der Waals surface area contributed by atoms with E-state index in [0.29, 0.717) is 23.2 Å². The number of ketones is 2. The number of hydrogen-bond acceptors (Lipinski definition) is 8. The van der Waals surface area contributed by atoms with Crippen molar-refractivity contribution in [2.45, 2.75) is 25.7 Å². The molecule has 2 aromatic carbocycles. The van der Waals surface area contributed by atoms with Crippen molar-refractivity contribution in [3.8, 4) is 11.5 Å². The molecule has 6 aromatic rings. The molecule has 0 spiro atoms. The molecule has 4 heterocycles. The minimum absolute atomic E-state index is 0.0949. The first kappa shape index (κ1) is 36.5. The highest BCUT2D eigenvalue weighted by Crippen LogP contribution is 2.30. The van der Waals surface area contributed by atoms with Crippen LogP contribution in [0.5, 0.6) is 11.5 Å². The number of carbonyl (C=O) groups excluding carboxylic acids is 2. The van der Waals surface area contributed by atoms with Gasteiger partial charge in [0.15, 0.2) is 23.1 Å². The van der Waals surface area contributed by atoms with E-state index in [4.69, 9.17) is 9.47 Å². The molecule has 0 radical (unpaired) electrons. The predicted octanol–water partition coefficient (Wildman–Crippen LogP) is 9.23. The molecule has 8 nitrogen and oxygen atoms in total. The zero-order chi connectivity index (χ0) is 34.2. The first-order valence-electron chi connectivity index (χ1n) is 13.9. The molecule has 0 saturated heterocycles. The molecule has 0 aliphatic carbocycles. The van der Waals surface area contributed by atoms with Crippen LogP contribution in [-0.2, 0) is 11.9 Å². The van der Waals surface area contributed by atoms with Gasteiger partial charge >= 0.3 is 0 Å². The fourth-order valence-electron chi connectivity index (χ4n) is 4.67. The number of benzene rings is 2. The Labute approximate surface area is 303 Å². The van der Waals surface area contributed by atoms with Gasteiger partial charge in [-0.2, -0.15) is 0 Å². The minimum atomic E-state index is -0.367. The number of halogens is 3. The van der Waals surface area contributed by atoms with Gasteiger partial charge < -0.3 is 14.5 Å². The first-order chi connectivity index (χ1) is 22.5. The molecule has 6 rings (SSSR count). The van der Waals surface area contributed by atoms with E-state index < -0.39 is 0 Å². The molecule has 0 saturated carbocycles. The Kier molecular flexibility index (Phi) is 12.9. The van der Waals surface area contributed by atoms with Crippen LogP contribution in [0.15, 0.2) is 90.0 Å². The number of H-pyrrole nitrogens is 1. The Hall–Kier alpha value is -3.36. The van der Waals surface area contributed by atoms with E-state index >= 15 is 0 Å². The molecular weight excluding hydrogens is 836 g/mol. The van der Waals surface area contributed by atoms with Crippen molar-refractivity contribution in [2.24, 2.45) is 0 Å². The van der Waals surface area contributed by atoms with E-state index in [1.807, 2.05) is 53.2 Å². The smallest absolute Gasteiger partial charge is 0.294 e. The molecule has 47 heavy (non-hydrogen) atoms. The summed E-state index contributed by atoms with van der Waals surface area (Å²) in [5.74, 6) is -0.116. The van der Waals surface area contributed by atoms with Crippen LogP contribution in [0, 0.1) is 0 Å². The van der Waals surface area contributed by atoms with Crippen molar-refractivity contribution in [1.29, 1.82) is 0 Å². The fraction of sp³-hybridized carbons (Fsp3) is 0.176. The summed E-state index contributed by atoms with van der Waals surface area (Å²) in [6.07, 6.45) is 0. The van der Waals surface area contributed by atoms with Crippen molar-refractivity contribution in [1.82, 2.24) is 9.55 Å². The quantitative estimate of drug-likeness (QED) is 0.127. The largest absolute Gasteiger partial charge is 0.491 e. The molecule has 0 bridgehead atoms. The summed E-state index contributed by atoms with van der Waals surface area (Å²) in [5.41, 5.74) is 3.82. The number of rotatable bonds is 7. The van der Waals surface area contributed by atoms with E-state index in [1.54, 1.807) is 10.6 Å². The number of alkyl halides is 1. The number of aromatic amines is 1. The van der Waals surface area contributed by atoms with Crippen LogP contribution >= 0.6 is 70.5 Å². The van der Waals surface area contributed by atoms with E-state index in [-0.39, 0.29) is 34.2 Å². The summed E-state index contributed by atoms with van der Waals surface area (Å²) in [7, 11) is 2.81. The highest BCUT2D eigenvalue weighted by atomic mass is 79.9. The van der Waals surface area contributed by atoms with Gasteiger partial charge in [-0.1, -0.05) is 72.1 Å². The van der Waals surface area contributed by atoms with Gasteiger partial charge in [0.2, 0.25) is 0 Å². The topological polar surface area (TPSA) is 107 Å². The SMILES string of the molecule is BrCc1ccc(Br)cc1.COc1c(C(C)=O)c2sccc2[nH]c1=O.COc1c(C(C)=O)c2sccc2n(Cc2ccc(Br)cc2)c1=O. The lowest BCUT2D eigenvalue weighted by Crippen LogP contribution is -2.24. The standard InChI is InChI=1S/C17H14BrNO3S.C10H9NO3S.C7H6Br2/c1-10(20)14-15(22-2)17(21)19(13-7-8-23-16(13)14)9-11-3-5-12(18)6-4-11;1-5(12)7-8(14-2)10(13)11-6-3-4-15-9(6)7;8-5-6-1-3-7(9)4-2-6/h3-8H,9H2,1-2H3;3-4H,1-2H3,(H,11,13);1-4H,5H2. The van der Waals surface area contributed by atoms with Crippen LogP contribution in [0.4, 0.5) is 0 Å². The van der Waals surface area contributed by atoms with Gasteiger partial charge in [0.1, 0.15) is 0 Å². The second-order valence-electron chi connectivity index (χ2n) is 9.96. The van der Waals surface area contributed by atoms with Crippen LogP contribution in [0.25, 0.3) is 20.4 Å². The summed E-state index contributed by atoms with van der Waals surface area (Å²) < 4.78 is 15.5. The number of methoxy groups -OCH3 is 2. The van der Waals surface area contributed by atoms with Gasteiger partial charge in [0.25, 0.3) is 11.1 Å². The zero-order valence-electron chi connectivity index (χ0n) is 25.7. The number of nitrogens with zero attached hydrogens (tertiary/aromatic N) is 1. The number of hydrogen-bond donors (Lipinski definition) is 1. The summed E-state index contributed by atoms with van der Waals surface area (Å²) in [4.78, 5) is 50.4. The number of pyridine rings is 2. The first-order valence-corrected chi connectivity index (χ1v) is 18.4. The number of aromatic nitrogens is 2. The molecule has 0 aliphatic rings. The summed E-state index contributed by atoms with van der Waals surface area (Å²) in [6.45, 7) is 3.31. The van der Waals surface area contributed by atoms with Crippen molar-refractivity contribution < 1.29 is 19.1 Å². The zero-order valence-corrected chi connectivity index (χ0v) is 32.1. The van der Waals surface area contributed by atoms with Crippen LogP contribution in [0.2, 0.25) is 0 Å². The Morgan fingerprint density at radius 2 is 1.26 bits per heavy atom. The van der Waals surface area contributed by atoms with Crippen LogP contribution in [-0.4, -0.2) is 35.3 Å². The van der Waals surface area contributed by atoms with Gasteiger partial charge in [-0.05, 0) is 72.1 Å². The van der Waals surface area contributed by atoms with Crippen LogP contribution in [0.3, 0.4) is 0 Å².